The van der Waals surface area contributed by atoms with Crippen LogP contribution in [0.25, 0.3) is 0 Å². The summed E-state index contributed by atoms with van der Waals surface area (Å²) in [7, 11) is 3.35. The van der Waals surface area contributed by atoms with Crippen molar-refractivity contribution in [3.05, 3.63) is 53.9 Å². The lowest BCUT2D eigenvalue weighted by atomic mass is 10.1. The summed E-state index contributed by atoms with van der Waals surface area (Å²) < 4.78 is 5.81. The van der Waals surface area contributed by atoms with Crippen LogP contribution in [0.5, 0.6) is 11.5 Å². The molecule has 5 heteroatoms. The fraction of sp³-hybridized carbons (Fsp3) is 0.250. The molecule has 21 heavy (non-hydrogen) atoms. The molecule has 0 aliphatic heterocycles. The molecule has 0 aliphatic carbocycles. The number of aliphatic hydroxyl groups is 1. The van der Waals surface area contributed by atoms with E-state index in [4.69, 9.17) is 9.84 Å². The highest BCUT2D eigenvalue weighted by Crippen LogP contribution is 2.25. The Balaban J connectivity index is 2.24. The average molecular weight is 286 g/mol. The van der Waals surface area contributed by atoms with E-state index in [9.17, 15) is 4.79 Å². The Hall–Kier alpha value is -2.40. The molecular weight excluding hydrogens is 268 g/mol. The number of para-hydroxylation sites is 1. The number of aromatic nitrogens is 1. The predicted molar refractivity (Wildman–Crippen MR) is 79.6 cm³/mol. The van der Waals surface area contributed by atoms with E-state index in [1.54, 1.807) is 32.4 Å². The van der Waals surface area contributed by atoms with E-state index in [2.05, 4.69) is 4.98 Å². The molecule has 2 rings (SSSR count). The summed E-state index contributed by atoms with van der Waals surface area (Å²) in [5, 5.41) is 9.07. The summed E-state index contributed by atoms with van der Waals surface area (Å²) >= 11 is 0. The number of nitrogens with zero attached hydrogens (tertiary/aromatic N) is 2. The van der Waals surface area contributed by atoms with Gasteiger partial charge >= 0.3 is 0 Å². The minimum absolute atomic E-state index is 0.0566. The molecular formula is C16H18N2O3. The SMILES string of the molecule is CN(C)C(=O)c1cc(Oc2ccccc2CCO)ccn1. The van der Waals surface area contributed by atoms with Gasteiger partial charge < -0.3 is 14.7 Å². The number of carbonyl (C=O) groups excluding carboxylic acids is 1. The molecule has 0 radical (unpaired) electrons. The highest BCUT2D eigenvalue weighted by Gasteiger charge is 2.11. The average Bonchev–Trinajstić information content (AvgIpc) is 2.49. The highest BCUT2D eigenvalue weighted by atomic mass is 16.5. The first-order valence-electron chi connectivity index (χ1n) is 6.66. The molecule has 0 unspecified atom stereocenters. The van der Waals surface area contributed by atoms with Gasteiger partial charge in [0, 0.05) is 33.0 Å². The monoisotopic (exact) mass is 286 g/mol. The third kappa shape index (κ3) is 3.79. The summed E-state index contributed by atoms with van der Waals surface area (Å²) in [6, 6.07) is 10.8. The first-order valence-corrected chi connectivity index (χ1v) is 6.66. The molecule has 0 bridgehead atoms. The fourth-order valence-electron chi connectivity index (χ4n) is 1.88. The molecule has 0 aliphatic rings. The second-order valence-corrected chi connectivity index (χ2v) is 4.76. The summed E-state index contributed by atoms with van der Waals surface area (Å²) in [6.45, 7) is 0.0566. The van der Waals surface area contributed by atoms with Crippen LogP contribution in [0.15, 0.2) is 42.6 Å². The number of amides is 1. The van der Waals surface area contributed by atoms with Crippen molar-refractivity contribution in [3.8, 4) is 11.5 Å². The lowest BCUT2D eigenvalue weighted by Crippen LogP contribution is -2.22. The summed E-state index contributed by atoms with van der Waals surface area (Å²) in [5.74, 6) is 1.03. The van der Waals surface area contributed by atoms with Crippen LogP contribution in [-0.4, -0.2) is 41.6 Å². The number of hydrogen-bond acceptors (Lipinski definition) is 4. The molecule has 0 atom stereocenters. The number of aliphatic hydroxyl groups excluding tert-OH is 1. The first kappa shape index (κ1) is 15.0. The zero-order chi connectivity index (χ0) is 15.2. The van der Waals surface area contributed by atoms with Crippen LogP contribution in [0, 0.1) is 0 Å². The smallest absolute Gasteiger partial charge is 0.272 e. The van der Waals surface area contributed by atoms with Crippen molar-refractivity contribution in [2.45, 2.75) is 6.42 Å². The van der Waals surface area contributed by atoms with Gasteiger partial charge in [0.05, 0.1) is 0 Å². The number of hydrogen-bond donors (Lipinski definition) is 1. The van der Waals surface area contributed by atoms with Crippen LogP contribution in [0.3, 0.4) is 0 Å². The van der Waals surface area contributed by atoms with Gasteiger partial charge in [-0.05, 0) is 24.1 Å². The summed E-state index contributed by atoms with van der Waals surface area (Å²) in [4.78, 5) is 17.4. The maximum absolute atomic E-state index is 11.9. The van der Waals surface area contributed by atoms with Crippen LogP contribution in [0.1, 0.15) is 16.1 Å². The Morgan fingerprint density at radius 2 is 2.05 bits per heavy atom. The van der Waals surface area contributed by atoms with Crippen molar-refractivity contribution in [2.75, 3.05) is 20.7 Å². The topological polar surface area (TPSA) is 62.7 Å². The van der Waals surface area contributed by atoms with Crippen LogP contribution in [-0.2, 0) is 6.42 Å². The number of ether oxygens (including phenoxy) is 1. The quantitative estimate of drug-likeness (QED) is 0.914. The molecule has 0 saturated heterocycles. The lowest BCUT2D eigenvalue weighted by Gasteiger charge is -2.12. The van der Waals surface area contributed by atoms with Gasteiger partial charge in [0.2, 0.25) is 0 Å². The molecule has 0 spiro atoms. The molecule has 0 saturated carbocycles. The lowest BCUT2D eigenvalue weighted by molar-refractivity contribution is 0.0821. The van der Waals surface area contributed by atoms with Gasteiger partial charge in [0.15, 0.2) is 0 Å². The van der Waals surface area contributed by atoms with Crippen molar-refractivity contribution in [1.82, 2.24) is 9.88 Å². The maximum Gasteiger partial charge on any atom is 0.272 e. The van der Waals surface area contributed by atoms with E-state index in [-0.39, 0.29) is 12.5 Å². The molecule has 1 amide bonds. The van der Waals surface area contributed by atoms with Gasteiger partial charge in [-0.25, -0.2) is 0 Å². The van der Waals surface area contributed by atoms with Crippen LogP contribution >= 0.6 is 0 Å². The van der Waals surface area contributed by atoms with Crippen LogP contribution in [0.4, 0.5) is 0 Å². The molecule has 0 fully saturated rings. The largest absolute Gasteiger partial charge is 0.457 e. The normalized spacial score (nSPS) is 10.2. The van der Waals surface area contributed by atoms with E-state index in [1.165, 1.54) is 4.90 Å². The molecule has 1 aromatic heterocycles. The van der Waals surface area contributed by atoms with Crippen molar-refractivity contribution < 1.29 is 14.6 Å². The number of carbonyl (C=O) groups is 1. The van der Waals surface area contributed by atoms with E-state index in [1.807, 2.05) is 24.3 Å². The maximum atomic E-state index is 11.9. The Bertz CT molecular complexity index is 626. The standard InChI is InChI=1S/C16H18N2O3/c1-18(2)16(20)14-11-13(7-9-17-14)21-15-6-4-3-5-12(15)8-10-19/h3-7,9,11,19H,8,10H2,1-2H3. The Morgan fingerprint density at radius 3 is 2.76 bits per heavy atom. The number of rotatable bonds is 5. The first-order chi connectivity index (χ1) is 10.1. The van der Waals surface area contributed by atoms with Gasteiger partial charge in [-0.15, -0.1) is 0 Å². The minimum Gasteiger partial charge on any atom is -0.457 e. The fourth-order valence-corrected chi connectivity index (χ4v) is 1.88. The third-order valence-electron chi connectivity index (χ3n) is 2.94. The predicted octanol–water partition coefficient (Wildman–Crippen LogP) is 2.11. The van der Waals surface area contributed by atoms with Crippen molar-refractivity contribution in [2.24, 2.45) is 0 Å². The Kier molecular flexibility index (Phi) is 4.90. The minimum atomic E-state index is -0.177. The molecule has 1 aromatic carbocycles. The number of benzene rings is 1. The van der Waals surface area contributed by atoms with Crippen molar-refractivity contribution in [3.63, 3.8) is 0 Å². The van der Waals surface area contributed by atoms with Gasteiger partial charge in [-0.2, -0.15) is 0 Å². The zero-order valence-electron chi connectivity index (χ0n) is 12.1. The van der Waals surface area contributed by atoms with E-state index in [0.717, 1.165) is 5.56 Å². The van der Waals surface area contributed by atoms with E-state index < -0.39 is 0 Å². The Labute approximate surface area is 123 Å². The van der Waals surface area contributed by atoms with Gasteiger partial charge in [0.1, 0.15) is 17.2 Å². The second-order valence-electron chi connectivity index (χ2n) is 4.76. The zero-order valence-corrected chi connectivity index (χ0v) is 12.1. The van der Waals surface area contributed by atoms with Gasteiger partial charge in [-0.1, -0.05) is 18.2 Å². The summed E-state index contributed by atoms with van der Waals surface area (Å²) in [6.07, 6.45) is 2.06. The Morgan fingerprint density at radius 1 is 1.29 bits per heavy atom. The molecule has 5 nitrogen and oxygen atoms in total. The van der Waals surface area contributed by atoms with E-state index >= 15 is 0 Å². The van der Waals surface area contributed by atoms with Crippen LogP contribution in [0.2, 0.25) is 0 Å². The van der Waals surface area contributed by atoms with Gasteiger partial charge in [-0.3, -0.25) is 9.78 Å². The summed E-state index contributed by atoms with van der Waals surface area (Å²) in [5.41, 5.74) is 1.24. The second kappa shape index (κ2) is 6.85. The van der Waals surface area contributed by atoms with E-state index in [0.29, 0.717) is 23.6 Å². The molecule has 2 aromatic rings. The number of pyridine rings is 1. The van der Waals surface area contributed by atoms with Crippen molar-refractivity contribution in [1.29, 1.82) is 0 Å². The third-order valence-corrected chi connectivity index (χ3v) is 2.94. The van der Waals surface area contributed by atoms with Crippen molar-refractivity contribution >= 4 is 5.91 Å². The molecule has 1 heterocycles. The van der Waals surface area contributed by atoms with Crippen LogP contribution < -0.4 is 4.74 Å². The van der Waals surface area contributed by atoms with Gasteiger partial charge in [0.25, 0.3) is 5.91 Å². The highest BCUT2D eigenvalue weighted by molar-refractivity contribution is 5.92. The molecule has 1 N–H and O–H groups in total. The molecule has 110 valence electrons.